The Kier molecular flexibility index (Phi) is 4.87. The molecule has 0 radical (unpaired) electrons. The van der Waals surface area contributed by atoms with Gasteiger partial charge in [0, 0.05) is 24.1 Å². The van der Waals surface area contributed by atoms with Crippen LogP contribution in [0, 0.1) is 0 Å². The lowest BCUT2D eigenvalue weighted by Crippen LogP contribution is -2.42. The van der Waals surface area contributed by atoms with Gasteiger partial charge in [0.25, 0.3) is 5.56 Å². The van der Waals surface area contributed by atoms with E-state index in [1.54, 1.807) is 12.1 Å². The highest BCUT2D eigenvalue weighted by molar-refractivity contribution is 9.10. The van der Waals surface area contributed by atoms with Crippen LogP contribution in [0.2, 0.25) is 0 Å². The number of ether oxygens (including phenoxy) is 1. The van der Waals surface area contributed by atoms with Gasteiger partial charge in [0.05, 0.1) is 43.1 Å². The van der Waals surface area contributed by atoms with Crippen LogP contribution in [0.4, 0.5) is 0 Å². The Balaban J connectivity index is 1.75. The molecule has 1 aliphatic heterocycles. The van der Waals surface area contributed by atoms with Crippen molar-refractivity contribution < 1.29 is 9.84 Å². The van der Waals surface area contributed by atoms with Gasteiger partial charge in [-0.05, 0) is 18.2 Å². The van der Waals surface area contributed by atoms with Crippen LogP contribution in [0.3, 0.4) is 0 Å². The van der Waals surface area contributed by atoms with Gasteiger partial charge in [0.2, 0.25) is 0 Å². The third-order valence-electron chi connectivity index (χ3n) is 3.77. The number of aliphatic hydroxyl groups excluding tert-OH is 1. The molecule has 1 N–H and O–H groups in total. The minimum Gasteiger partial charge on any atom is -0.390 e. The molecule has 0 amide bonds. The van der Waals surface area contributed by atoms with Gasteiger partial charge in [-0.25, -0.2) is 4.98 Å². The quantitative estimate of drug-likeness (QED) is 0.867. The first-order chi connectivity index (χ1) is 10.6. The van der Waals surface area contributed by atoms with Crippen molar-refractivity contribution in [3.8, 4) is 0 Å². The normalized spacial score (nSPS) is 17.7. The summed E-state index contributed by atoms with van der Waals surface area (Å²) in [5, 5.41) is 10.8. The molecule has 1 unspecified atom stereocenters. The lowest BCUT2D eigenvalue weighted by Gasteiger charge is -2.28. The zero-order chi connectivity index (χ0) is 15.5. The fourth-order valence-electron chi connectivity index (χ4n) is 2.63. The maximum absolute atomic E-state index is 12.5. The molecule has 1 aliphatic rings. The van der Waals surface area contributed by atoms with E-state index < -0.39 is 6.10 Å². The molecule has 1 aromatic carbocycles. The third-order valence-corrected chi connectivity index (χ3v) is 4.26. The van der Waals surface area contributed by atoms with Gasteiger partial charge >= 0.3 is 0 Å². The topological polar surface area (TPSA) is 67.6 Å². The fraction of sp³-hybridized carbons (Fsp3) is 0.467. The van der Waals surface area contributed by atoms with Gasteiger partial charge in [-0.1, -0.05) is 15.9 Å². The lowest BCUT2D eigenvalue weighted by molar-refractivity contribution is 0.0113. The van der Waals surface area contributed by atoms with E-state index in [4.69, 9.17) is 4.74 Å². The summed E-state index contributed by atoms with van der Waals surface area (Å²) in [7, 11) is 0. The lowest BCUT2D eigenvalue weighted by atomic mass is 10.2. The van der Waals surface area contributed by atoms with E-state index in [-0.39, 0.29) is 12.1 Å². The van der Waals surface area contributed by atoms with Crippen molar-refractivity contribution in [2.24, 2.45) is 0 Å². The van der Waals surface area contributed by atoms with E-state index in [2.05, 4.69) is 25.8 Å². The summed E-state index contributed by atoms with van der Waals surface area (Å²) < 4.78 is 7.60. The van der Waals surface area contributed by atoms with E-state index in [9.17, 15) is 9.90 Å². The van der Waals surface area contributed by atoms with Gasteiger partial charge in [-0.15, -0.1) is 0 Å². The summed E-state index contributed by atoms with van der Waals surface area (Å²) >= 11 is 3.36. The van der Waals surface area contributed by atoms with E-state index >= 15 is 0 Å². The van der Waals surface area contributed by atoms with Crippen LogP contribution in [-0.2, 0) is 11.3 Å². The monoisotopic (exact) mass is 367 g/mol. The number of aromatic nitrogens is 2. The zero-order valence-electron chi connectivity index (χ0n) is 12.1. The van der Waals surface area contributed by atoms with Gasteiger partial charge in [-0.3, -0.25) is 14.3 Å². The summed E-state index contributed by atoms with van der Waals surface area (Å²) in [6.45, 7) is 3.79. The Morgan fingerprint density at radius 2 is 2.09 bits per heavy atom. The average molecular weight is 368 g/mol. The molecule has 1 atom stereocenters. The van der Waals surface area contributed by atoms with Crippen molar-refractivity contribution in [2.75, 3.05) is 32.8 Å². The number of morpholine rings is 1. The Morgan fingerprint density at radius 3 is 2.86 bits per heavy atom. The first kappa shape index (κ1) is 15.6. The molecule has 0 spiro atoms. The molecule has 1 fully saturated rings. The molecule has 7 heteroatoms. The molecule has 2 aromatic rings. The molecule has 6 nitrogen and oxygen atoms in total. The SMILES string of the molecule is O=c1c2cc(Br)ccc2ncn1CC(O)CN1CCOCC1. The molecule has 0 bridgehead atoms. The number of nitrogens with zero attached hydrogens (tertiary/aromatic N) is 3. The van der Waals surface area contributed by atoms with Crippen molar-refractivity contribution in [1.82, 2.24) is 14.5 Å². The highest BCUT2D eigenvalue weighted by atomic mass is 79.9. The van der Waals surface area contributed by atoms with Crippen LogP contribution in [0.25, 0.3) is 10.9 Å². The summed E-state index contributed by atoms with van der Waals surface area (Å²) in [6.07, 6.45) is 0.892. The van der Waals surface area contributed by atoms with Crippen LogP contribution in [0.15, 0.2) is 33.8 Å². The van der Waals surface area contributed by atoms with Crippen molar-refractivity contribution in [3.63, 3.8) is 0 Å². The van der Waals surface area contributed by atoms with Crippen molar-refractivity contribution in [1.29, 1.82) is 0 Å². The largest absolute Gasteiger partial charge is 0.390 e. The fourth-order valence-corrected chi connectivity index (χ4v) is 2.99. The number of aliphatic hydroxyl groups is 1. The van der Waals surface area contributed by atoms with E-state index in [0.29, 0.717) is 30.7 Å². The predicted octanol–water partition coefficient (Wildman–Crippen LogP) is 0.852. The molecule has 1 aromatic heterocycles. The maximum atomic E-state index is 12.5. The Labute approximate surface area is 136 Å². The minimum atomic E-state index is -0.609. The van der Waals surface area contributed by atoms with Crippen LogP contribution in [0.1, 0.15) is 0 Å². The van der Waals surface area contributed by atoms with Crippen molar-refractivity contribution >= 4 is 26.8 Å². The number of β-amino-alcohol motifs (C(OH)–C–C–N with tert-alkyl or cyclic N) is 1. The van der Waals surface area contributed by atoms with Crippen molar-refractivity contribution in [2.45, 2.75) is 12.6 Å². The molecule has 0 saturated carbocycles. The molecule has 22 heavy (non-hydrogen) atoms. The molecule has 1 saturated heterocycles. The van der Waals surface area contributed by atoms with E-state index in [1.165, 1.54) is 10.9 Å². The van der Waals surface area contributed by atoms with E-state index in [0.717, 1.165) is 17.6 Å². The molecule has 118 valence electrons. The maximum Gasteiger partial charge on any atom is 0.261 e. The van der Waals surface area contributed by atoms with Crippen molar-refractivity contribution in [3.05, 3.63) is 39.4 Å². The second-order valence-electron chi connectivity index (χ2n) is 5.43. The highest BCUT2D eigenvalue weighted by Crippen LogP contribution is 2.14. The summed E-state index contributed by atoms with van der Waals surface area (Å²) in [4.78, 5) is 18.9. The first-order valence-electron chi connectivity index (χ1n) is 7.26. The van der Waals surface area contributed by atoms with E-state index in [1.807, 2.05) is 6.07 Å². The smallest absolute Gasteiger partial charge is 0.261 e. The molecular weight excluding hydrogens is 350 g/mol. The molecule has 0 aliphatic carbocycles. The second kappa shape index (κ2) is 6.87. The average Bonchev–Trinajstić information content (AvgIpc) is 2.51. The standard InChI is InChI=1S/C15H18BrN3O3/c16-11-1-2-14-13(7-11)15(21)19(10-17-14)9-12(20)8-18-3-5-22-6-4-18/h1-2,7,10,12,20H,3-6,8-9H2. The predicted molar refractivity (Wildman–Crippen MR) is 87.0 cm³/mol. The number of halogens is 1. The van der Waals surface area contributed by atoms with Crippen LogP contribution >= 0.6 is 15.9 Å². The highest BCUT2D eigenvalue weighted by Gasteiger charge is 2.16. The summed E-state index contributed by atoms with van der Waals surface area (Å²) in [5.41, 5.74) is 0.527. The van der Waals surface area contributed by atoms with Gasteiger partial charge < -0.3 is 9.84 Å². The minimum absolute atomic E-state index is 0.132. The number of rotatable bonds is 4. The van der Waals surface area contributed by atoms with Gasteiger partial charge in [0.1, 0.15) is 0 Å². The summed E-state index contributed by atoms with van der Waals surface area (Å²) in [6, 6.07) is 5.41. The Hall–Kier alpha value is -1.28. The van der Waals surface area contributed by atoms with Crippen LogP contribution < -0.4 is 5.56 Å². The first-order valence-corrected chi connectivity index (χ1v) is 8.05. The summed E-state index contributed by atoms with van der Waals surface area (Å²) in [5.74, 6) is 0. The molecular formula is C15H18BrN3O3. The number of hydrogen-bond acceptors (Lipinski definition) is 5. The van der Waals surface area contributed by atoms with Crippen LogP contribution in [0.5, 0.6) is 0 Å². The van der Waals surface area contributed by atoms with Gasteiger partial charge in [0.15, 0.2) is 0 Å². The Morgan fingerprint density at radius 1 is 1.32 bits per heavy atom. The molecule has 3 rings (SSSR count). The Bertz CT molecular complexity index is 713. The third kappa shape index (κ3) is 3.55. The zero-order valence-corrected chi connectivity index (χ0v) is 13.7. The number of fused-ring (bicyclic) bond motifs is 1. The number of benzene rings is 1. The number of hydrogen-bond donors (Lipinski definition) is 1. The van der Waals surface area contributed by atoms with Gasteiger partial charge in [-0.2, -0.15) is 0 Å². The molecule has 2 heterocycles. The van der Waals surface area contributed by atoms with Crippen LogP contribution in [-0.4, -0.2) is 58.5 Å². The second-order valence-corrected chi connectivity index (χ2v) is 6.35.